The number of aliphatic imine (C=N–C) groups is 1. The number of aryl methyl sites for hydroxylation is 2. The molecule has 2 aliphatic rings. The molecule has 3 nitrogen and oxygen atoms in total. The van der Waals surface area contributed by atoms with Crippen LogP contribution in [0.5, 0.6) is 5.75 Å². The van der Waals surface area contributed by atoms with Crippen molar-refractivity contribution in [1.82, 2.24) is 5.32 Å². The van der Waals surface area contributed by atoms with Crippen molar-refractivity contribution in [3.8, 4) is 5.75 Å². The summed E-state index contributed by atoms with van der Waals surface area (Å²) in [7, 11) is 0. The van der Waals surface area contributed by atoms with Gasteiger partial charge in [0.1, 0.15) is 11.6 Å². The topological polar surface area (TPSA) is 33.6 Å². The van der Waals surface area contributed by atoms with E-state index in [0.717, 1.165) is 55.0 Å². The molecule has 0 bridgehead atoms. The van der Waals surface area contributed by atoms with Crippen molar-refractivity contribution in [2.24, 2.45) is 4.99 Å². The molecule has 0 fully saturated rings. The van der Waals surface area contributed by atoms with Crippen molar-refractivity contribution in [2.45, 2.75) is 19.3 Å². The Balaban J connectivity index is 1.59. The molecule has 23 heavy (non-hydrogen) atoms. The molecule has 118 valence electrons. The van der Waals surface area contributed by atoms with E-state index in [-0.39, 0.29) is 0 Å². The van der Waals surface area contributed by atoms with Gasteiger partial charge in [-0.05, 0) is 41.7 Å². The number of rotatable bonds is 4. The summed E-state index contributed by atoms with van der Waals surface area (Å²) >= 11 is 3.63. The summed E-state index contributed by atoms with van der Waals surface area (Å²) in [5.74, 6) is 2.14. The Morgan fingerprint density at radius 1 is 1.13 bits per heavy atom. The molecule has 4 rings (SSSR count). The minimum absolute atomic E-state index is 0.802. The summed E-state index contributed by atoms with van der Waals surface area (Å²) in [5, 5.41) is 3.38. The zero-order valence-electron chi connectivity index (χ0n) is 12.9. The minimum Gasteiger partial charge on any atom is -0.493 e. The van der Waals surface area contributed by atoms with Crippen molar-refractivity contribution >= 4 is 21.8 Å². The van der Waals surface area contributed by atoms with E-state index in [9.17, 15) is 0 Å². The van der Waals surface area contributed by atoms with Crippen LogP contribution < -0.4 is 10.1 Å². The SMILES string of the molecule is Brc1cc2c(c(CCc3ccccc3C3=NCCN3)c1)OCC2. The molecule has 0 spiro atoms. The first-order chi connectivity index (χ1) is 11.3. The molecular weight excluding hydrogens is 352 g/mol. The Morgan fingerprint density at radius 3 is 2.87 bits per heavy atom. The number of fused-ring (bicyclic) bond motifs is 1. The van der Waals surface area contributed by atoms with Gasteiger partial charge in [-0.15, -0.1) is 0 Å². The van der Waals surface area contributed by atoms with Crippen LogP contribution in [0.25, 0.3) is 0 Å². The number of ether oxygens (including phenoxy) is 1. The van der Waals surface area contributed by atoms with Crippen molar-refractivity contribution < 1.29 is 4.74 Å². The first kappa shape index (κ1) is 14.8. The molecule has 0 saturated heterocycles. The molecule has 2 aliphatic heterocycles. The van der Waals surface area contributed by atoms with E-state index in [0.29, 0.717) is 0 Å². The lowest BCUT2D eigenvalue weighted by molar-refractivity contribution is 0.353. The monoisotopic (exact) mass is 370 g/mol. The molecule has 0 aromatic heterocycles. The zero-order valence-corrected chi connectivity index (χ0v) is 14.5. The van der Waals surface area contributed by atoms with E-state index in [2.05, 4.69) is 62.6 Å². The average molecular weight is 371 g/mol. The molecular formula is C19H19BrN2O. The molecule has 2 aromatic carbocycles. The van der Waals surface area contributed by atoms with Gasteiger partial charge >= 0.3 is 0 Å². The third-order valence-corrected chi connectivity index (χ3v) is 4.89. The number of nitrogens with zero attached hydrogens (tertiary/aromatic N) is 1. The Bertz CT molecular complexity index is 770. The average Bonchev–Trinajstić information content (AvgIpc) is 3.24. The molecule has 0 atom stereocenters. The summed E-state index contributed by atoms with van der Waals surface area (Å²) < 4.78 is 6.99. The van der Waals surface area contributed by atoms with Gasteiger partial charge in [0.25, 0.3) is 0 Å². The smallest absolute Gasteiger partial charge is 0.128 e. The van der Waals surface area contributed by atoms with E-state index in [1.165, 1.54) is 22.3 Å². The van der Waals surface area contributed by atoms with Crippen LogP contribution in [-0.4, -0.2) is 25.5 Å². The third-order valence-electron chi connectivity index (χ3n) is 4.44. The lowest BCUT2D eigenvalue weighted by atomic mass is 9.97. The van der Waals surface area contributed by atoms with Crippen LogP contribution in [0.1, 0.15) is 22.3 Å². The second kappa shape index (κ2) is 6.36. The summed E-state index contributed by atoms with van der Waals surface area (Å²) in [6.45, 7) is 2.61. The van der Waals surface area contributed by atoms with Crippen LogP contribution in [0.4, 0.5) is 0 Å². The van der Waals surface area contributed by atoms with Crippen molar-refractivity contribution in [3.05, 3.63) is 63.1 Å². The lowest BCUT2D eigenvalue weighted by Gasteiger charge is -2.12. The fourth-order valence-corrected chi connectivity index (χ4v) is 3.90. The maximum Gasteiger partial charge on any atom is 0.128 e. The Morgan fingerprint density at radius 2 is 2.00 bits per heavy atom. The maximum atomic E-state index is 5.85. The first-order valence-electron chi connectivity index (χ1n) is 8.12. The Hall–Kier alpha value is -1.81. The minimum atomic E-state index is 0.802. The van der Waals surface area contributed by atoms with Crippen molar-refractivity contribution in [1.29, 1.82) is 0 Å². The molecule has 2 aromatic rings. The van der Waals surface area contributed by atoms with Gasteiger partial charge in [0.15, 0.2) is 0 Å². The van der Waals surface area contributed by atoms with Crippen LogP contribution in [0, 0.1) is 0 Å². The second-order valence-corrected chi connectivity index (χ2v) is 6.88. The number of hydrogen-bond acceptors (Lipinski definition) is 3. The number of hydrogen-bond donors (Lipinski definition) is 1. The van der Waals surface area contributed by atoms with Crippen molar-refractivity contribution in [2.75, 3.05) is 19.7 Å². The molecule has 0 radical (unpaired) electrons. The molecule has 4 heteroatoms. The van der Waals surface area contributed by atoms with Gasteiger partial charge in [0.2, 0.25) is 0 Å². The highest BCUT2D eigenvalue weighted by atomic mass is 79.9. The standard InChI is InChI=1S/C19H19BrN2O/c20-16-11-14(18-15(12-16)7-10-23-18)6-5-13-3-1-2-4-17(13)19-21-8-9-22-19/h1-4,11-12H,5-10H2,(H,21,22). The van der Waals surface area contributed by atoms with Crippen LogP contribution in [0.2, 0.25) is 0 Å². The number of halogens is 1. The van der Waals surface area contributed by atoms with E-state index in [1.54, 1.807) is 0 Å². The number of nitrogens with one attached hydrogen (secondary N) is 1. The van der Waals surface area contributed by atoms with Gasteiger partial charge in [-0.25, -0.2) is 0 Å². The Kier molecular flexibility index (Phi) is 4.08. The number of amidine groups is 1. The largest absolute Gasteiger partial charge is 0.493 e. The predicted molar refractivity (Wildman–Crippen MR) is 96.6 cm³/mol. The maximum absolute atomic E-state index is 5.85. The normalized spacial score (nSPS) is 15.8. The van der Waals surface area contributed by atoms with E-state index in [4.69, 9.17) is 4.74 Å². The van der Waals surface area contributed by atoms with Gasteiger partial charge < -0.3 is 10.1 Å². The quantitative estimate of drug-likeness (QED) is 0.892. The van der Waals surface area contributed by atoms with Gasteiger partial charge in [-0.2, -0.15) is 0 Å². The Labute approximate surface area is 144 Å². The molecule has 0 unspecified atom stereocenters. The van der Waals surface area contributed by atoms with E-state index in [1.807, 2.05) is 0 Å². The molecule has 0 aliphatic carbocycles. The molecule has 2 heterocycles. The van der Waals surface area contributed by atoms with E-state index < -0.39 is 0 Å². The molecule has 0 saturated carbocycles. The lowest BCUT2D eigenvalue weighted by Crippen LogP contribution is -2.21. The fourth-order valence-electron chi connectivity index (χ4n) is 3.35. The van der Waals surface area contributed by atoms with Crippen molar-refractivity contribution in [3.63, 3.8) is 0 Å². The second-order valence-electron chi connectivity index (χ2n) is 5.97. The third kappa shape index (κ3) is 3.00. The highest BCUT2D eigenvalue weighted by Gasteiger charge is 2.18. The van der Waals surface area contributed by atoms with Gasteiger partial charge in [-0.1, -0.05) is 40.2 Å². The summed E-state index contributed by atoms with van der Waals surface area (Å²) in [4.78, 5) is 4.57. The van der Waals surface area contributed by atoms with Gasteiger partial charge in [0, 0.05) is 23.0 Å². The van der Waals surface area contributed by atoms with Crippen LogP contribution in [0.15, 0.2) is 45.9 Å². The summed E-state index contributed by atoms with van der Waals surface area (Å²) in [6, 6.07) is 12.9. The van der Waals surface area contributed by atoms with Gasteiger partial charge in [-0.3, -0.25) is 4.99 Å². The molecule has 1 N–H and O–H groups in total. The summed E-state index contributed by atoms with van der Waals surface area (Å²) in [6.07, 6.45) is 2.98. The predicted octanol–water partition coefficient (Wildman–Crippen LogP) is 3.52. The van der Waals surface area contributed by atoms with E-state index >= 15 is 0 Å². The number of benzene rings is 2. The van der Waals surface area contributed by atoms with Crippen LogP contribution in [0.3, 0.4) is 0 Å². The first-order valence-corrected chi connectivity index (χ1v) is 8.91. The van der Waals surface area contributed by atoms with Gasteiger partial charge in [0.05, 0.1) is 13.2 Å². The highest BCUT2D eigenvalue weighted by molar-refractivity contribution is 9.10. The zero-order chi connectivity index (χ0) is 15.6. The fraction of sp³-hybridized carbons (Fsp3) is 0.316. The van der Waals surface area contributed by atoms with Crippen LogP contribution in [-0.2, 0) is 19.3 Å². The summed E-state index contributed by atoms with van der Waals surface area (Å²) in [5.41, 5.74) is 5.19. The highest BCUT2D eigenvalue weighted by Crippen LogP contribution is 2.33. The van der Waals surface area contributed by atoms with Crippen LogP contribution >= 0.6 is 15.9 Å². The molecule has 0 amide bonds.